The number of carbonyl (C=O) groups excluding carboxylic acids is 1. The maximum Gasteiger partial charge on any atom is 0.220 e. The number of ether oxygens (including phenoxy) is 2. The van der Waals surface area contributed by atoms with Crippen LogP contribution >= 0.6 is 24.8 Å². The number of halogens is 2. The first-order valence-corrected chi connectivity index (χ1v) is 10.8. The van der Waals surface area contributed by atoms with Gasteiger partial charge in [-0.05, 0) is 37.7 Å². The SMILES string of the molecule is Cl.Cl.O=C(CC1CC2CCC(C1)N2)NCc1ccccc1OCCN1CCOCC1. The van der Waals surface area contributed by atoms with Crippen molar-refractivity contribution in [1.29, 1.82) is 0 Å². The molecule has 1 amide bonds. The normalized spacial score (nSPS) is 25.7. The van der Waals surface area contributed by atoms with Crippen molar-refractivity contribution in [2.45, 2.75) is 50.7 Å². The van der Waals surface area contributed by atoms with E-state index in [1.165, 1.54) is 12.8 Å². The molecule has 3 aliphatic rings. The van der Waals surface area contributed by atoms with Crippen LogP contribution in [0.25, 0.3) is 0 Å². The maximum absolute atomic E-state index is 12.5. The van der Waals surface area contributed by atoms with Crippen molar-refractivity contribution in [1.82, 2.24) is 15.5 Å². The van der Waals surface area contributed by atoms with Gasteiger partial charge in [-0.25, -0.2) is 0 Å². The van der Waals surface area contributed by atoms with Gasteiger partial charge in [-0.3, -0.25) is 9.69 Å². The highest BCUT2D eigenvalue weighted by atomic mass is 35.5. The number of carbonyl (C=O) groups is 1. The average Bonchev–Trinajstić information content (AvgIpc) is 3.06. The molecular weight excluding hydrogens is 425 g/mol. The summed E-state index contributed by atoms with van der Waals surface area (Å²) in [5.74, 6) is 1.56. The molecule has 2 unspecified atom stereocenters. The smallest absolute Gasteiger partial charge is 0.220 e. The van der Waals surface area contributed by atoms with Gasteiger partial charge in [-0.2, -0.15) is 0 Å². The molecule has 3 fully saturated rings. The van der Waals surface area contributed by atoms with Crippen LogP contribution in [0.4, 0.5) is 0 Å². The summed E-state index contributed by atoms with van der Waals surface area (Å²) < 4.78 is 11.4. The van der Waals surface area contributed by atoms with E-state index in [0.717, 1.165) is 57.0 Å². The van der Waals surface area contributed by atoms with E-state index in [0.29, 0.717) is 37.6 Å². The van der Waals surface area contributed by atoms with Crippen LogP contribution in [0.3, 0.4) is 0 Å². The summed E-state index contributed by atoms with van der Waals surface area (Å²) in [6.45, 7) is 5.65. The van der Waals surface area contributed by atoms with Crippen molar-refractivity contribution in [2.75, 3.05) is 39.5 Å². The lowest BCUT2D eigenvalue weighted by molar-refractivity contribution is -0.122. The number of amides is 1. The van der Waals surface area contributed by atoms with E-state index < -0.39 is 0 Å². The Morgan fingerprint density at radius 2 is 1.83 bits per heavy atom. The third kappa shape index (κ3) is 7.27. The highest BCUT2D eigenvalue weighted by Gasteiger charge is 2.34. The Balaban J connectivity index is 0.00000160. The standard InChI is InChI=1S/C22H33N3O3.2ClH/c26-22(15-17-13-19-5-6-20(14-17)24-19)23-16-18-3-1-2-4-21(18)28-12-9-25-7-10-27-11-8-25;;/h1-4,17,19-20,24H,5-16H2,(H,23,26);2*1H. The molecule has 0 aliphatic carbocycles. The van der Waals surface area contributed by atoms with Gasteiger partial charge in [-0.15, -0.1) is 24.8 Å². The number of fused-ring (bicyclic) bond motifs is 2. The van der Waals surface area contributed by atoms with E-state index >= 15 is 0 Å². The minimum atomic E-state index is 0. The Morgan fingerprint density at radius 1 is 1.13 bits per heavy atom. The minimum Gasteiger partial charge on any atom is -0.492 e. The molecule has 1 aromatic carbocycles. The number of nitrogens with one attached hydrogen (secondary N) is 2. The molecule has 6 nitrogen and oxygen atoms in total. The average molecular weight is 460 g/mol. The monoisotopic (exact) mass is 459 g/mol. The van der Waals surface area contributed by atoms with Crippen LogP contribution < -0.4 is 15.4 Å². The van der Waals surface area contributed by atoms with Crippen molar-refractivity contribution in [3.05, 3.63) is 29.8 Å². The molecule has 2 N–H and O–H groups in total. The fourth-order valence-electron chi connectivity index (χ4n) is 4.77. The first-order valence-electron chi connectivity index (χ1n) is 10.8. The van der Waals surface area contributed by atoms with Crippen molar-refractivity contribution in [2.24, 2.45) is 5.92 Å². The summed E-state index contributed by atoms with van der Waals surface area (Å²) in [5.41, 5.74) is 1.04. The van der Waals surface area contributed by atoms with E-state index in [4.69, 9.17) is 9.47 Å². The maximum atomic E-state index is 12.5. The minimum absolute atomic E-state index is 0. The van der Waals surface area contributed by atoms with E-state index in [9.17, 15) is 4.79 Å². The van der Waals surface area contributed by atoms with Gasteiger partial charge >= 0.3 is 0 Å². The Hall–Kier alpha value is -1.05. The lowest BCUT2D eigenvalue weighted by atomic mass is 9.89. The number of hydrogen-bond donors (Lipinski definition) is 2. The number of benzene rings is 1. The van der Waals surface area contributed by atoms with Gasteiger partial charge in [0.2, 0.25) is 5.91 Å². The molecule has 3 heterocycles. The highest BCUT2D eigenvalue weighted by molar-refractivity contribution is 5.85. The molecule has 3 aliphatic heterocycles. The molecule has 0 saturated carbocycles. The molecule has 8 heteroatoms. The van der Waals surface area contributed by atoms with E-state index in [1.54, 1.807) is 0 Å². The number of morpholine rings is 1. The summed E-state index contributed by atoms with van der Waals surface area (Å²) in [6.07, 6.45) is 5.49. The van der Waals surface area contributed by atoms with Crippen LogP contribution in [0.2, 0.25) is 0 Å². The third-order valence-electron chi connectivity index (χ3n) is 6.26. The fourth-order valence-corrected chi connectivity index (χ4v) is 4.77. The van der Waals surface area contributed by atoms with E-state index in [2.05, 4.69) is 15.5 Å². The summed E-state index contributed by atoms with van der Waals surface area (Å²) >= 11 is 0. The lowest BCUT2D eigenvalue weighted by Crippen LogP contribution is -2.39. The molecule has 0 spiro atoms. The number of nitrogens with zero attached hydrogens (tertiary/aromatic N) is 1. The van der Waals surface area contributed by atoms with E-state index in [-0.39, 0.29) is 30.7 Å². The lowest BCUT2D eigenvalue weighted by Gasteiger charge is -2.28. The van der Waals surface area contributed by atoms with Crippen LogP contribution in [0.15, 0.2) is 24.3 Å². The van der Waals surface area contributed by atoms with Gasteiger partial charge < -0.3 is 20.1 Å². The molecule has 1 aromatic rings. The second-order valence-electron chi connectivity index (χ2n) is 8.37. The third-order valence-corrected chi connectivity index (χ3v) is 6.26. The van der Waals surface area contributed by atoms with Crippen molar-refractivity contribution in [3.63, 3.8) is 0 Å². The Morgan fingerprint density at radius 3 is 2.57 bits per heavy atom. The summed E-state index contributed by atoms with van der Waals surface area (Å²) in [6, 6.07) is 9.29. The molecular formula is C22H35Cl2N3O3. The topological polar surface area (TPSA) is 62.8 Å². The Kier molecular flexibility index (Phi) is 10.7. The summed E-state index contributed by atoms with van der Waals surface area (Å²) in [5, 5.41) is 6.75. The molecule has 3 saturated heterocycles. The van der Waals surface area contributed by atoms with Crippen molar-refractivity contribution >= 4 is 30.7 Å². The molecule has 4 rings (SSSR count). The van der Waals surface area contributed by atoms with Gasteiger partial charge in [-0.1, -0.05) is 18.2 Å². The van der Waals surface area contributed by atoms with Crippen LogP contribution in [-0.4, -0.2) is 62.3 Å². The first-order chi connectivity index (χ1) is 13.8. The Bertz CT molecular complexity index is 646. The highest BCUT2D eigenvalue weighted by Crippen LogP contribution is 2.32. The quantitative estimate of drug-likeness (QED) is 0.625. The molecule has 2 bridgehead atoms. The van der Waals surface area contributed by atoms with Crippen LogP contribution in [-0.2, 0) is 16.1 Å². The molecule has 0 aromatic heterocycles. The molecule has 2 atom stereocenters. The number of rotatable bonds is 8. The van der Waals surface area contributed by atoms with Crippen LogP contribution in [0.1, 0.15) is 37.7 Å². The fraction of sp³-hybridized carbons (Fsp3) is 0.682. The largest absolute Gasteiger partial charge is 0.492 e. The molecule has 0 radical (unpaired) electrons. The predicted molar refractivity (Wildman–Crippen MR) is 123 cm³/mol. The van der Waals surface area contributed by atoms with Gasteiger partial charge in [0.1, 0.15) is 12.4 Å². The Labute approximate surface area is 192 Å². The van der Waals surface area contributed by atoms with Crippen molar-refractivity contribution in [3.8, 4) is 5.75 Å². The zero-order valence-electron chi connectivity index (χ0n) is 17.5. The second kappa shape index (κ2) is 12.7. The number of hydrogen-bond acceptors (Lipinski definition) is 5. The van der Waals surface area contributed by atoms with Gasteiger partial charge in [0, 0.05) is 50.2 Å². The molecule has 170 valence electrons. The van der Waals surface area contributed by atoms with E-state index in [1.807, 2.05) is 24.3 Å². The number of piperidine rings is 1. The zero-order valence-corrected chi connectivity index (χ0v) is 19.1. The van der Waals surface area contributed by atoms with Gasteiger partial charge in [0.25, 0.3) is 0 Å². The van der Waals surface area contributed by atoms with Crippen molar-refractivity contribution < 1.29 is 14.3 Å². The number of para-hydroxylation sites is 1. The summed E-state index contributed by atoms with van der Waals surface area (Å²) in [4.78, 5) is 14.8. The molecule has 30 heavy (non-hydrogen) atoms. The van der Waals surface area contributed by atoms with Gasteiger partial charge in [0.05, 0.1) is 13.2 Å². The predicted octanol–water partition coefficient (Wildman–Crippen LogP) is 2.78. The van der Waals surface area contributed by atoms with Gasteiger partial charge in [0.15, 0.2) is 0 Å². The second-order valence-corrected chi connectivity index (χ2v) is 8.37. The van der Waals surface area contributed by atoms with Crippen LogP contribution in [0, 0.1) is 5.92 Å². The first kappa shape index (κ1) is 25.2. The van der Waals surface area contributed by atoms with Crippen LogP contribution in [0.5, 0.6) is 5.75 Å². The zero-order chi connectivity index (χ0) is 19.2. The summed E-state index contributed by atoms with van der Waals surface area (Å²) in [7, 11) is 0.